The third-order valence-corrected chi connectivity index (χ3v) is 8.65. The van der Waals surface area contributed by atoms with Crippen LogP contribution in [0.4, 0.5) is 24.9 Å². The average Bonchev–Trinajstić information content (AvgIpc) is 3.50. The van der Waals surface area contributed by atoms with Gasteiger partial charge in [-0.1, -0.05) is 28.1 Å². The molecule has 0 aliphatic heterocycles. The van der Waals surface area contributed by atoms with Gasteiger partial charge in [-0.3, -0.25) is 4.72 Å². The van der Waals surface area contributed by atoms with E-state index in [9.17, 15) is 13.2 Å². The quantitative estimate of drug-likeness (QED) is 0.271. The van der Waals surface area contributed by atoms with E-state index in [1.165, 1.54) is 18.0 Å². The monoisotopic (exact) mass is 595 g/mol. The zero-order valence-corrected chi connectivity index (χ0v) is 23.0. The molecular weight excluding hydrogens is 567 g/mol. The molecule has 2 aliphatic rings. The Morgan fingerprint density at radius 2 is 1.89 bits per heavy atom. The van der Waals surface area contributed by atoms with Crippen LogP contribution in [0.25, 0.3) is 10.9 Å². The topological polar surface area (TPSA) is 62.3 Å². The number of alkyl halides is 3. The number of aromatic nitrogens is 2. The van der Waals surface area contributed by atoms with Gasteiger partial charge in [0.15, 0.2) is 0 Å². The smallest absolute Gasteiger partial charge is 0.405 e. The molecule has 0 unspecified atom stereocenters. The van der Waals surface area contributed by atoms with E-state index >= 15 is 0 Å². The number of anilines is 2. The molecule has 2 N–H and O–H groups in total. The molecule has 6 nitrogen and oxygen atoms in total. The van der Waals surface area contributed by atoms with Crippen LogP contribution < -0.4 is 19.7 Å². The van der Waals surface area contributed by atoms with Gasteiger partial charge >= 0.3 is 6.36 Å². The number of ether oxygens (including phenoxy) is 1. The van der Waals surface area contributed by atoms with E-state index in [-0.39, 0.29) is 11.2 Å². The SMILES string of the molecule is CN(C)c1nc(N[C@H]2CC23CCC(CNSc2ccc(Br)cc2OC(F)(F)F)CC3)nc2ccccc12. The molecule has 2 fully saturated rings. The minimum absolute atomic E-state index is 0.206. The van der Waals surface area contributed by atoms with Gasteiger partial charge in [0.05, 0.1) is 10.4 Å². The number of hydrogen-bond donors (Lipinski definition) is 2. The molecule has 0 amide bonds. The molecule has 3 aromatic rings. The van der Waals surface area contributed by atoms with Crippen molar-refractivity contribution in [2.45, 2.75) is 49.4 Å². The first kappa shape index (κ1) is 26.4. The Bertz CT molecular complexity index is 1270. The third-order valence-electron chi connectivity index (χ3n) is 7.29. The Hall–Kier alpha value is -2.24. The minimum atomic E-state index is -4.73. The highest BCUT2D eigenvalue weighted by Crippen LogP contribution is 2.58. The predicted octanol–water partition coefficient (Wildman–Crippen LogP) is 7.01. The molecule has 0 radical (unpaired) electrons. The maximum absolute atomic E-state index is 12.8. The van der Waals surface area contributed by atoms with Crippen molar-refractivity contribution < 1.29 is 17.9 Å². The summed E-state index contributed by atoms with van der Waals surface area (Å²) in [4.78, 5) is 12.0. The van der Waals surface area contributed by atoms with Gasteiger partial charge in [0.25, 0.3) is 0 Å². The second-order valence-electron chi connectivity index (χ2n) is 10.1. The predicted molar refractivity (Wildman–Crippen MR) is 145 cm³/mol. The van der Waals surface area contributed by atoms with Crippen LogP contribution in [0.5, 0.6) is 5.75 Å². The molecule has 198 valence electrons. The summed E-state index contributed by atoms with van der Waals surface area (Å²) in [6.07, 6.45) is 0.799. The normalized spacial score (nSPS) is 23.3. The van der Waals surface area contributed by atoms with Crippen LogP contribution >= 0.6 is 27.9 Å². The van der Waals surface area contributed by atoms with Gasteiger partial charge in [-0.15, -0.1) is 13.2 Å². The lowest BCUT2D eigenvalue weighted by atomic mass is 9.79. The van der Waals surface area contributed by atoms with Crippen molar-refractivity contribution in [2.75, 3.05) is 30.9 Å². The zero-order valence-electron chi connectivity index (χ0n) is 20.6. The molecule has 0 saturated heterocycles. The molecule has 5 rings (SSSR count). The first-order valence-electron chi connectivity index (χ1n) is 12.3. The molecule has 2 saturated carbocycles. The number of nitrogens with one attached hydrogen (secondary N) is 2. The van der Waals surface area contributed by atoms with Crippen LogP contribution in [0.1, 0.15) is 32.1 Å². The Balaban J connectivity index is 1.13. The standard InChI is InChI=1S/C26H29BrF3N5OS/c1-35(2)23-18-5-3-4-6-19(18)32-24(34-23)33-22-14-25(22)11-9-16(10-12-25)15-31-37-21-8-7-17(27)13-20(21)36-26(28,29)30/h3-8,13,16,22,31H,9-12,14-15H2,1-2H3,(H,32,33,34)/t16?,22-,25?/m0/s1. The highest BCUT2D eigenvalue weighted by atomic mass is 79.9. The van der Waals surface area contributed by atoms with Crippen molar-refractivity contribution in [1.29, 1.82) is 0 Å². The highest BCUT2D eigenvalue weighted by molar-refractivity contribution is 9.10. The summed E-state index contributed by atoms with van der Waals surface area (Å²) in [5, 5.41) is 4.63. The Morgan fingerprint density at radius 1 is 1.14 bits per heavy atom. The fourth-order valence-electron chi connectivity index (χ4n) is 5.19. The second kappa shape index (κ2) is 10.5. The average molecular weight is 597 g/mol. The van der Waals surface area contributed by atoms with Crippen LogP contribution in [-0.2, 0) is 0 Å². The van der Waals surface area contributed by atoms with Gasteiger partial charge in [0.2, 0.25) is 5.95 Å². The van der Waals surface area contributed by atoms with Crippen LogP contribution in [0.15, 0.2) is 51.8 Å². The summed E-state index contributed by atoms with van der Waals surface area (Å²) in [5.74, 6) is 1.86. The number of halogens is 4. The number of para-hydroxylation sites is 1. The van der Waals surface area contributed by atoms with Gasteiger partial charge in [-0.05, 0) is 85.7 Å². The molecule has 2 aliphatic carbocycles. The molecule has 0 bridgehead atoms. The van der Waals surface area contributed by atoms with Crippen LogP contribution in [0.2, 0.25) is 0 Å². The second-order valence-corrected chi connectivity index (χ2v) is 11.9. The van der Waals surface area contributed by atoms with Gasteiger partial charge in [0.1, 0.15) is 11.6 Å². The van der Waals surface area contributed by atoms with E-state index in [4.69, 9.17) is 9.97 Å². The fourth-order valence-corrected chi connectivity index (χ4v) is 6.34. The Kier molecular flexibility index (Phi) is 7.48. The molecule has 1 spiro atoms. The molecule has 2 aromatic carbocycles. The molecule has 37 heavy (non-hydrogen) atoms. The van der Waals surface area contributed by atoms with Crippen LogP contribution in [0.3, 0.4) is 0 Å². The lowest BCUT2D eigenvalue weighted by Crippen LogP contribution is -2.27. The van der Waals surface area contributed by atoms with Crippen molar-refractivity contribution in [3.8, 4) is 5.75 Å². The lowest BCUT2D eigenvalue weighted by molar-refractivity contribution is -0.275. The van der Waals surface area contributed by atoms with E-state index in [0.717, 1.165) is 55.4 Å². The molecule has 1 aromatic heterocycles. The Morgan fingerprint density at radius 3 is 2.62 bits per heavy atom. The lowest BCUT2D eigenvalue weighted by Gasteiger charge is -2.29. The van der Waals surface area contributed by atoms with Gasteiger partial charge in [-0.25, -0.2) is 4.98 Å². The third kappa shape index (κ3) is 6.26. The Labute approximate surface area is 227 Å². The fraction of sp³-hybridized carbons (Fsp3) is 0.462. The van der Waals surface area contributed by atoms with E-state index in [2.05, 4.69) is 30.7 Å². The van der Waals surface area contributed by atoms with Crippen LogP contribution in [-0.4, -0.2) is 43.0 Å². The summed E-state index contributed by atoms with van der Waals surface area (Å²) in [6, 6.07) is 13.1. The summed E-state index contributed by atoms with van der Waals surface area (Å²) in [7, 11) is 3.98. The van der Waals surface area contributed by atoms with Gasteiger partial charge in [-0.2, -0.15) is 4.98 Å². The summed E-state index contributed by atoms with van der Waals surface area (Å²) >= 11 is 4.39. The highest BCUT2D eigenvalue weighted by Gasteiger charge is 2.55. The van der Waals surface area contributed by atoms with E-state index in [1.54, 1.807) is 12.1 Å². The maximum atomic E-state index is 12.8. The summed E-state index contributed by atoms with van der Waals surface area (Å²) < 4.78 is 46.3. The van der Waals surface area contributed by atoms with Gasteiger partial charge in [0, 0.05) is 36.5 Å². The van der Waals surface area contributed by atoms with Crippen molar-refractivity contribution in [1.82, 2.24) is 14.7 Å². The maximum Gasteiger partial charge on any atom is 0.573 e. The van der Waals surface area contributed by atoms with Crippen LogP contribution in [0, 0.1) is 11.3 Å². The number of benzene rings is 2. The number of fused-ring (bicyclic) bond motifs is 1. The number of hydrogen-bond acceptors (Lipinski definition) is 7. The minimum Gasteiger partial charge on any atom is -0.405 e. The van der Waals surface area contributed by atoms with Crippen molar-refractivity contribution in [3.05, 3.63) is 46.9 Å². The van der Waals surface area contributed by atoms with Gasteiger partial charge < -0.3 is 15.0 Å². The molecule has 11 heteroatoms. The van der Waals surface area contributed by atoms with Crippen molar-refractivity contribution >= 4 is 50.5 Å². The zero-order chi connectivity index (χ0) is 26.2. The molecule has 1 heterocycles. The van der Waals surface area contributed by atoms with Crippen molar-refractivity contribution in [2.24, 2.45) is 11.3 Å². The largest absolute Gasteiger partial charge is 0.573 e. The van der Waals surface area contributed by atoms with Crippen molar-refractivity contribution in [3.63, 3.8) is 0 Å². The molecular formula is C26H29BrF3N5OS. The van der Waals surface area contributed by atoms with E-state index < -0.39 is 6.36 Å². The number of nitrogens with zero attached hydrogens (tertiary/aromatic N) is 3. The summed E-state index contributed by atoms with van der Waals surface area (Å²) in [6.45, 7) is 0.736. The first-order chi connectivity index (χ1) is 17.6. The molecule has 1 atom stereocenters. The summed E-state index contributed by atoms with van der Waals surface area (Å²) in [5.41, 5.74) is 1.22. The van der Waals surface area contributed by atoms with E-state index in [0.29, 0.717) is 27.3 Å². The van der Waals surface area contributed by atoms with E-state index in [1.807, 2.05) is 43.3 Å². The number of rotatable bonds is 8. The first-order valence-corrected chi connectivity index (χ1v) is 13.9.